The molecule has 3 aromatic carbocycles. The number of anilines is 1. The summed E-state index contributed by atoms with van der Waals surface area (Å²) in [5.74, 6) is -0.485. The Kier molecular flexibility index (Phi) is 8.34. The van der Waals surface area contributed by atoms with Crippen LogP contribution in [-0.2, 0) is 4.74 Å². The molecule has 0 saturated carbocycles. The number of carbonyl (C=O) groups is 1. The molecule has 4 nitrogen and oxygen atoms in total. The Morgan fingerprint density at radius 1 is 0.806 bits per heavy atom. The maximum atomic E-state index is 11.0. The number of methoxy groups -OCH3 is 1. The molecule has 4 aromatic rings. The Hall–Kier alpha value is -3.01. The lowest BCUT2D eigenvalue weighted by Crippen LogP contribution is -2.20. The second kappa shape index (κ2) is 11.4. The quantitative estimate of drug-likeness (QED) is 0.332. The topological polar surface area (TPSA) is 65.2 Å². The van der Waals surface area contributed by atoms with Crippen LogP contribution in [0.1, 0.15) is 10.4 Å². The summed E-state index contributed by atoms with van der Waals surface area (Å²) in [5, 5.41) is 4.19. The van der Waals surface area contributed by atoms with Gasteiger partial charge in [-0.3, -0.25) is 4.98 Å². The van der Waals surface area contributed by atoms with Crippen LogP contribution < -0.4 is 21.6 Å². The Morgan fingerprint density at radius 3 is 1.61 bits per heavy atom. The van der Waals surface area contributed by atoms with Crippen molar-refractivity contribution in [2.24, 2.45) is 0 Å². The number of carbonyl (C=O) groups excluding carboxylic acids is 1. The molecule has 0 atom stereocenters. The van der Waals surface area contributed by atoms with Crippen molar-refractivity contribution in [2.45, 2.75) is 0 Å². The zero-order chi connectivity index (χ0) is 22.1. The van der Waals surface area contributed by atoms with Gasteiger partial charge < -0.3 is 10.5 Å². The highest BCUT2D eigenvalue weighted by molar-refractivity contribution is 9.10. The molecule has 0 bridgehead atoms. The molecule has 6 heteroatoms. The summed E-state index contributed by atoms with van der Waals surface area (Å²) in [5.41, 5.74) is 6.19. The van der Waals surface area contributed by atoms with Crippen molar-refractivity contribution >= 4 is 51.4 Å². The van der Waals surface area contributed by atoms with Crippen LogP contribution in [0.2, 0.25) is 0 Å². The molecule has 31 heavy (non-hydrogen) atoms. The van der Waals surface area contributed by atoms with Crippen molar-refractivity contribution in [2.75, 3.05) is 12.8 Å². The van der Waals surface area contributed by atoms with E-state index in [4.69, 9.17) is 5.73 Å². The van der Waals surface area contributed by atoms with E-state index < -0.39 is 13.9 Å². The van der Waals surface area contributed by atoms with Crippen molar-refractivity contribution in [3.8, 4) is 0 Å². The van der Waals surface area contributed by atoms with Crippen molar-refractivity contribution in [3.05, 3.63) is 113 Å². The van der Waals surface area contributed by atoms with Crippen LogP contribution in [0, 0.1) is 0 Å². The molecular formula is C25H22BrN2O2P. The number of halogens is 1. The molecule has 156 valence electrons. The molecule has 0 saturated heterocycles. The number of nitrogens with zero attached hydrogens (tertiary/aromatic N) is 1. The van der Waals surface area contributed by atoms with Gasteiger partial charge in [0.2, 0.25) is 0 Å². The van der Waals surface area contributed by atoms with E-state index in [-0.39, 0.29) is 5.56 Å². The van der Waals surface area contributed by atoms with Gasteiger partial charge in [-0.15, -0.1) is 0 Å². The van der Waals surface area contributed by atoms with E-state index in [1.54, 1.807) is 0 Å². The van der Waals surface area contributed by atoms with Gasteiger partial charge in [-0.05, 0) is 39.8 Å². The van der Waals surface area contributed by atoms with Gasteiger partial charge in [0.25, 0.3) is 0 Å². The van der Waals surface area contributed by atoms with Crippen LogP contribution in [0.5, 0.6) is 0 Å². The molecule has 2 N–H and O–H groups in total. The van der Waals surface area contributed by atoms with E-state index in [0.717, 1.165) is 0 Å². The summed E-state index contributed by atoms with van der Waals surface area (Å²) in [7, 11) is 0.848. The van der Waals surface area contributed by atoms with Crippen LogP contribution in [0.25, 0.3) is 0 Å². The minimum Gasteiger partial charge on any atom is -0.465 e. The predicted octanol–water partition coefficient (Wildman–Crippen LogP) is 4.66. The lowest BCUT2D eigenvalue weighted by Gasteiger charge is -2.18. The number of pyridine rings is 1. The number of hydrogen-bond donors (Lipinski definition) is 1. The highest BCUT2D eigenvalue weighted by Gasteiger charge is 2.15. The first-order chi connectivity index (χ1) is 15.1. The molecule has 0 aliphatic rings. The van der Waals surface area contributed by atoms with Crippen molar-refractivity contribution in [3.63, 3.8) is 0 Å². The standard InChI is InChI=1S/C18H15P.C7H7BrN2O2/c1-4-10-16(11-5-1)19(17-12-6-2-7-13-17)18-14-8-3-9-15-18;1-12-7(11)4-2-10-3-5(8)6(4)9/h1-15H;2-3H,1H3,(H2,9,10). The lowest BCUT2D eigenvalue weighted by atomic mass is 10.2. The highest BCUT2D eigenvalue weighted by atomic mass is 79.9. The van der Waals surface area contributed by atoms with Crippen molar-refractivity contribution < 1.29 is 9.53 Å². The van der Waals surface area contributed by atoms with E-state index in [0.29, 0.717) is 10.2 Å². The Balaban J connectivity index is 0.000000196. The molecule has 0 spiro atoms. The molecule has 1 aromatic heterocycles. The number of esters is 1. The summed E-state index contributed by atoms with van der Waals surface area (Å²) < 4.78 is 5.08. The Labute approximate surface area is 192 Å². The Morgan fingerprint density at radius 2 is 1.23 bits per heavy atom. The third-order valence-electron chi connectivity index (χ3n) is 4.39. The zero-order valence-corrected chi connectivity index (χ0v) is 19.5. The van der Waals surface area contributed by atoms with E-state index in [1.807, 2.05) is 0 Å². The minimum absolute atomic E-state index is 0.270. The van der Waals surface area contributed by atoms with E-state index >= 15 is 0 Å². The highest BCUT2D eigenvalue weighted by Crippen LogP contribution is 2.32. The summed E-state index contributed by atoms with van der Waals surface area (Å²) >= 11 is 3.15. The van der Waals surface area contributed by atoms with Gasteiger partial charge in [-0.25, -0.2) is 4.79 Å². The van der Waals surface area contributed by atoms with Gasteiger partial charge in [0.15, 0.2) is 0 Å². The second-order valence-electron chi connectivity index (χ2n) is 6.42. The average molecular weight is 493 g/mol. The molecule has 0 radical (unpaired) electrons. The normalized spacial score (nSPS) is 10.2. The second-order valence-corrected chi connectivity index (χ2v) is 9.49. The number of benzene rings is 3. The lowest BCUT2D eigenvalue weighted by molar-refractivity contribution is 0.0601. The fourth-order valence-corrected chi connectivity index (χ4v) is 5.53. The Bertz CT molecular complexity index is 1020. The maximum Gasteiger partial charge on any atom is 0.341 e. The van der Waals surface area contributed by atoms with Gasteiger partial charge >= 0.3 is 5.97 Å². The predicted molar refractivity (Wildman–Crippen MR) is 133 cm³/mol. The van der Waals surface area contributed by atoms with Gasteiger partial charge in [0.05, 0.1) is 17.3 Å². The van der Waals surface area contributed by atoms with Gasteiger partial charge in [-0.1, -0.05) is 91.0 Å². The van der Waals surface area contributed by atoms with Crippen LogP contribution >= 0.6 is 23.9 Å². The first-order valence-corrected chi connectivity index (χ1v) is 11.7. The minimum atomic E-state index is -0.485. The summed E-state index contributed by atoms with van der Waals surface area (Å²) in [6.45, 7) is 0. The van der Waals surface area contributed by atoms with Crippen molar-refractivity contribution in [1.29, 1.82) is 0 Å². The number of nitrogen functional groups attached to an aromatic ring is 1. The van der Waals surface area contributed by atoms with Crippen LogP contribution in [0.15, 0.2) is 108 Å². The third kappa shape index (κ3) is 6.00. The molecule has 0 aliphatic carbocycles. The SMILES string of the molecule is COC(=O)c1cncc(Br)c1N.c1ccc(P(c2ccccc2)c2ccccc2)cc1. The monoisotopic (exact) mass is 492 g/mol. The summed E-state index contributed by atoms with van der Waals surface area (Å²) in [6.07, 6.45) is 2.88. The smallest absolute Gasteiger partial charge is 0.341 e. The summed E-state index contributed by atoms with van der Waals surface area (Å²) in [4.78, 5) is 14.8. The van der Waals surface area contributed by atoms with Crippen LogP contribution in [0.4, 0.5) is 5.69 Å². The number of aromatic nitrogens is 1. The average Bonchev–Trinajstić information content (AvgIpc) is 2.83. The van der Waals surface area contributed by atoms with Gasteiger partial charge in [-0.2, -0.15) is 0 Å². The zero-order valence-electron chi connectivity index (χ0n) is 17.0. The molecule has 0 fully saturated rings. The molecule has 0 unspecified atom stereocenters. The van der Waals surface area contributed by atoms with E-state index in [9.17, 15) is 4.79 Å². The van der Waals surface area contributed by atoms with E-state index in [1.165, 1.54) is 35.4 Å². The third-order valence-corrected chi connectivity index (χ3v) is 7.46. The summed E-state index contributed by atoms with van der Waals surface area (Å²) in [6, 6.07) is 32.3. The van der Waals surface area contributed by atoms with Gasteiger partial charge in [0.1, 0.15) is 5.56 Å². The number of hydrogen-bond acceptors (Lipinski definition) is 4. The fourth-order valence-electron chi connectivity index (χ4n) is 2.90. The first kappa shape index (κ1) is 22.7. The van der Waals surface area contributed by atoms with Crippen molar-refractivity contribution in [1.82, 2.24) is 4.98 Å². The fraction of sp³-hybridized carbons (Fsp3) is 0.0400. The van der Waals surface area contributed by atoms with Crippen LogP contribution in [-0.4, -0.2) is 18.1 Å². The largest absolute Gasteiger partial charge is 0.465 e. The number of ether oxygens (including phenoxy) is 1. The molecular weight excluding hydrogens is 471 g/mol. The molecule has 1 heterocycles. The first-order valence-electron chi connectivity index (χ1n) is 9.54. The number of rotatable bonds is 4. The molecule has 0 amide bonds. The van der Waals surface area contributed by atoms with E-state index in [2.05, 4.69) is 117 Å². The molecule has 0 aliphatic heterocycles. The van der Waals surface area contributed by atoms with Crippen LogP contribution in [0.3, 0.4) is 0 Å². The molecule has 4 rings (SSSR count). The van der Waals surface area contributed by atoms with Gasteiger partial charge in [0, 0.05) is 12.4 Å². The number of nitrogens with two attached hydrogens (primary N) is 1. The maximum absolute atomic E-state index is 11.0.